The van der Waals surface area contributed by atoms with Crippen LogP contribution >= 0.6 is 11.3 Å². The predicted molar refractivity (Wildman–Crippen MR) is 112 cm³/mol. The molecule has 1 aliphatic heterocycles. The topological polar surface area (TPSA) is 77.6 Å². The van der Waals surface area contributed by atoms with Gasteiger partial charge in [-0.05, 0) is 25.1 Å². The number of amides is 2. The Labute approximate surface area is 169 Å². The largest absolute Gasteiger partial charge is 0.369 e. The van der Waals surface area contributed by atoms with Gasteiger partial charge in [0.1, 0.15) is 0 Å². The number of piperazine rings is 1. The van der Waals surface area contributed by atoms with Crippen LogP contribution in [-0.2, 0) is 9.59 Å². The Hall–Kier alpha value is -2.71. The molecule has 2 N–H and O–H groups in total. The summed E-state index contributed by atoms with van der Waals surface area (Å²) in [5.41, 5.74) is 6.83. The first-order chi connectivity index (χ1) is 13.6. The third kappa shape index (κ3) is 6.17. The number of aryl methyl sites for hydroxylation is 1. The minimum atomic E-state index is -0.379. The van der Waals surface area contributed by atoms with E-state index in [1.807, 2.05) is 30.5 Å². The molecule has 28 heavy (non-hydrogen) atoms. The van der Waals surface area contributed by atoms with Crippen molar-refractivity contribution in [1.82, 2.24) is 20.7 Å². The maximum absolute atomic E-state index is 12.0. The Balaban J connectivity index is 1.31. The second kappa shape index (κ2) is 10.0. The second-order valence-corrected chi connectivity index (χ2v) is 7.64. The van der Waals surface area contributed by atoms with Crippen LogP contribution in [0.1, 0.15) is 17.1 Å². The number of para-hydroxylation sites is 1. The summed E-state index contributed by atoms with van der Waals surface area (Å²) in [6.45, 7) is 6.32. The Morgan fingerprint density at radius 2 is 1.89 bits per heavy atom. The van der Waals surface area contributed by atoms with Gasteiger partial charge in [0.15, 0.2) is 0 Å². The van der Waals surface area contributed by atoms with Crippen LogP contribution in [0.2, 0.25) is 0 Å². The molecule has 1 fully saturated rings. The molecule has 0 saturated carbocycles. The lowest BCUT2D eigenvalue weighted by molar-refractivity contribution is -0.127. The van der Waals surface area contributed by atoms with Gasteiger partial charge in [0.05, 0.1) is 10.7 Å². The van der Waals surface area contributed by atoms with Gasteiger partial charge in [-0.25, -0.2) is 4.98 Å². The van der Waals surface area contributed by atoms with Crippen molar-refractivity contribution < 1.29 is 9.59 Å². The number of anilines is 1. The van der Waals surface area contributed by atoms with Gasteiger partial charge in [-0.15, -0.1) is 11.3 Å². The molecule has 0 radical (unpaired) electrons. The zero-order valence-corrected chi connectivity index (χ0v) is 16.7. The van der Waals surface area contributed by atoms with Crippen LogP contribution in [0, 0.1) is 6.92 Å². The van der Waals surface area contributed by atoms with Crippen molar-refractivity contribution in [1.29, 1.82) is 0 Å². The summed E-state index contributed by atoms with van der Waals surface area (Å²) in [4.78, 5) is 32.6. The number of carbonyl (C=O) groups is 2. The molecule has 1 saturated heterocycles. The quantitative estimate of drug-likeness (QED) is 0.572. The third-order valence-corrected chi connectivity index (χ3v) is 5.31. The van der Waals surface area contributed by atoms with Gasteiger partial charge >= 0.3 is 0 Å². The van der Waals surface area contributed by atoms with Crippen molar-refractivity contribution in [2.45, 2.75) is 13.3 Å². The van der Waals surface area contributed by atoms with E-state index in [1.54, 1.807) is 6.08 Å². The summed E-state index contributed by atoms with van der Waals surface area (Å²) in [7, 11) is 0. The Morgan fingerprint density at radius 3 is 2.57 bits per heavy atom. The highest BCUT2D eigenvalue weighted by atomic mass is 32.1. The number of hydrogen-bond acceptors (Lipinski definition) is 6. The van der Waals surface area contributed by atoms with E-state index in [1.165, 1.54) is 23.1 Å². The number of carbonyl (C=O) groups excluding carboxylic acids is 2. The van der Waals surface area contributed by atoms with Crippen molar-refractivity contribution >= 4 is 34.9 Å². The number of thiazole rings is 1. The van der Waals surface area contributed by atoms with E-state index < -0.39 is 0 Å². The fourth-order valence-corrected chi connectivity index (χ4v) is 3.56. The number of benzene rings is 1. The van der Waals surface area contributed by atoms with Gasteiger partial charge in [-0.2, -0.15) is 0 Å². The fourth-order valence-electron chi connectivity index (χ4n) is 2.98. The van der Waals surface area contributed by atoms with Crippen LogP contribution in [0.4, 0.5) is 5.69 Å². The molecule has 2 heterocycles. The summed E-state index contributed by atoms with van der Waals surface area (Å²) in [5.74, 6) is -0.577. The number of nitrogens with zero attached hydrogens (tertiary/aromatic N) is 3. The minimum absolute atomic E-state index is 0.197. The molecule has 8 heteroatoms. The molecule has 1 aromatic carbocycles. The molecule has 3 rings (SSSR count). The van der Waals surface area contributed by atoms with Crippen LogP contribution in [0.15, 0.2) is 41.8 Å². The van der Waals surface area contributed by atoms with Crippen LogP contribution in [-0.4, -0.2) is 54.4 Å². The first kappa shape index (κ1) is 20.0. The molecule has 0 unspecified atom stereocenters. The molecule has 0 spiro atoms. The van der Waals surface area contributed by atoms with Crippen LogP contribution in [0.3, 0.4) is 0 Å². The second-order valence-electron chi connectivity index (χ2n) is 6.58. The predicted octanol–water partition coefficient (Wildman–Crippen LogP) is 1.82. The minimum Gasteiger partial charge on any atom is -0.369 e. The van der Waals surface area contributed by atoms with Gasteiger partial charge in [0, 0.05) is 56.3 Å². The van der Waals surface area contributed by atoms with Crippen LogP contribution < -0.4 is 15.8 Å². The smallest absolute Gasteiger partial charge is 0.262 e. The molecular formula is C20H25N5O2S. The number of rotatable bonds is 6. The molecule has 7 nitrogen and oxygen atoms in total. The van der Waals surface area contributed by atoms with Crippen molar-refractivity contribution in [3.63, 3.8) is 0 Å². The number of nitrogens with one attached hydrogen (secondary N) is 2. The summed E-state index contributed by atoms with van der Waals surface area (Å²) >= 11 is 1.52. The SMILES string of the molecule is Cc1nc(/C=C/C(=O)NNC(=O)CCN2CCN(c3ccccc3)CC2)cs1. The zero-order chi connectivity index (χ0) is 19.8. The van der Waals surface area contributed by atoms with E-state index >= 15 is 0 Å². The molecule has 2 aromatic rings. The molecule has 148 valence electrons. The highest BCUT2D eigenvalue weighted by molar-refractivity contribution is 7.09. The lowest BCUT2D eigenvalue weighted by Crippen LogP contribution is -2.48. The Kier molecular flexibility index (Phi) is 7.16. The normalized spacial score (nSPS) is 15.0. The average Bonchev–Trinajstić information content (AvgIpc) is 3.15. The van der Waals surface area contributed by atoms with E-state index in [-0.39, 0.29) is 11.8 Å². The Bertz CT molecular complexity index is 813. The standard InChI is InChI=1S/C20H25N5O2S/c1-16-21-17(15-28-16)7-8-19(26)22-23-20(27)9-10-24-11-13-25(14-12-24)18-5-3-2-4-6-18/h2-8,15H,9-14H2,1H3,(H,22,26)(H,23,27)/b8-7+. The zero-order valence-electron chi connectivity index (χ0n) is 15.9. The lowest BCUT2D eigenvalue weighted by Gasteiger charge is -2.36. The summed E-state index contributed by atoms with van der Waals surface area (Å²) in [6.07, 6.45) is 3.33. The molecule has 2 amide bonds. The van der Waals surface area contributed by atoms with Gasteiger partial charge in [0.2, 0.25) is 5.91 Å². The Morgan fingerprint density at radius 1 is 1.14 bits per heavy atom. The van der Waals surface area contributed by atoms with Crippen LogP contribution in [0.5, 0.6) is 0 Å². The van der Waals surface area contributed by atoms with Crippen LogP contribution in [0.25, 0.3) is 6.08 Å². The first-order valence-electron chi connectivity index (χ1n) is 9.31. The maximum atomic E-state index is 12.0. The molecule has 0 bridgehead atoms. The monoisotopic (exact) mass is 399 g/mol. The van der Waals surface area contributed by atoms with Crippen molar-refractivity contribution in [3.8, 4) is 0 Å². The first-order valence-corrected chi connectivity index (χ1v) is 10.2. The lowest BCUT2D eigenvalue weighted by atomic mass is 10.2. The van der Waals surface area contributed by atoms with Gasteiger partial charge in [0.25, 0.3) is 5.91 Å². The van der Waals surface area contributed by atoms with E-state index in [9.17, 15) is 9.59 Å². The maximum Gasteiger partial charge on any atom is 0.262 e. The van der Waals surface area contributed by atoms with Gasteiger partial charge in [-0.3, -0.25) is 25.3 Å². The highest BCUT2D eigenvalue weighted by Crippen LogP contribution is 2.15. The molecular weight excluding hydrogens is 374 g/mol. The van der Waals surface area contributed by atoms with E-state index in [0.29, 0.717) is 13.0 Å². The molecule has 0 aliphatic carbocycles. The molecule has 0 atom stereocenters. The van der Waals surface area contributed by atoms with Gasteiger partial charge in [-0.1, -0.05) is 18.2 Å². The average molecular weight is 400 g/mol. The molecule has 1 aromatic heterocycles. The summed E-state index contributed by atoms with van der Waals surface area (Å²) in [5, 5.41) is 2.81. The third-order valence-electron chi connectivity index (χ3n) is 4.52. The number of aromatic nitrogens is 1. The van der Waals surface area contributed by atoms with Crippen molar-refractivity contribution in [2.75, 3.05) is 37.6 Å². The van der Waals surface area contributed by atoms with Crippen molar-refractivity contribution in [3.05, 3.63) is 52.5 Å². The van der Waals surface area contributed by atoms with E-state index in [4.69, 9.17) is 0 Å². The number of hydrogen-bond donors (Lipinski definition) is 2. The number of hydrazine groups is 1. The molecule has 1 aliphatic rings. The van der Waals surface area contributed by atoms with Gasteiger partial charge < -0.3 is 4.90 Å². The van der Waals surface area contributed by atoms with E-state index in [0.717, 1.165) is 36.9 Å². The fraction of sp³-hybridized carbons (Fsp3) is 0.350. The summed E-state index contributed by atoms with van der Waals surface area (Å²) in [6, 6.07) is 10.4. The van der Waals surface area contributed by atoms with Crippen molar-refractivity contribution in [2.24, 2.45) is 0 Å². The summed E-state index contributed by atoms with van der Waals surface area (Å²) < 4.78 is 0. The highest BCUT2D eigenvalue weighted by Gasteiger charge is 2.17. The van der Waals surface area contributed by atoms with E-state index in [2.05, 4.69) is 37.8 Å².